The number of nitrogens with one attached hydrogen (secondary N) is 1. The summed E-state index contributed by atoms with van der Waals surface area (Å²) in [5, 5.41) is 3.42. The maximum absolute atomic E-state index is 4.39. The van der Waals surface area contributed by atoms with Gasteiger partial charge in [-0.15, -0.1) is 0 Å². The van der Waals surface area contributed by atoms with E-state index in [0.717, 1.165) is 25.5 Å². The Labute approximate surface area is 103 Å². The highest BCUT2D eigenvalue weighted by atomic mass is 15.1. The van der Waals surface area contributed by atoms with Gasteiger partial charge in [0.1, 0.15) is 5.82 Å². The van der Waals surface area contributed by atoms with Crippen LogP contribution in [0.2, 0.25) is 0 Å². The van der Waals surface area contributed by atoms with Crippen molar-refractivity contribution in [2.24, 2.45) is 0 Å². The van der Waals surface area contributed by atoms with Crippen molar-refractivity contribution < 1.29 is 0 Å². The summed E-state index contributed by atoms with van der Waals surface area (Å²) in [7, 11) is 0. The zero-order valence-electron chi connectivity index (χ0n) is 10.4. The second kappa shape index (κ2) is 6.30. The third-order valence-corrected chi connectivity index (χ3v) is 2.90. The van der Waals surface area contributed by atoms with Crippen molar-refractivity contribution >= 4 is 0 Å². The van der Waals surface area contributed by atoms with Crippen molar-refractivity contribution in [2.45, 2.75) is 39.4 Å². The van der Waals surface area contributed by atoms with Crippen molar-refractivity contribution in [1.29, 1.82) is 0 Å². The highest BCUT2D eigenvalue weighted by Gasteiger charge is 2.00. The molecule has 0 aliphatic carbocycles. The van der Waals surface area contributed by atoms with Crippen LogP contribution < -0.4 is 5.32 Å². The molecule has 0 saturated heterocycles. The summed E-state index contributed by atoms with van der Waals surface area (Å²) in [5.41, 5.74) is 1.33. The molecule has 1 N–H and O–H groups in total. The molecule has 17 heavy (non-hydrogen) atoms. The molecule has 0 radical (unpaired) electrons. The molecule has 3 nitrogen and oxygen atoms in total. The number of aryl methyl sites for hydroxylation is 1. The molecule has 0 spiro atoms. The van der Waals surface area contributed by atoms with E-state index in [0.29, 0.717) is 0 Å². The maximum Gasteiger partial charge on any atom is 0.122 e. The predicted molar refractivity (Wildman–Crippen MR) is 69.7 cm³/mol. The van der Waals surface area contributed by atoms with E-state index in [4.69, 9.17) is 0 Å². The quantitative estimate of drug-likeness (QED) is 0.741. The monoisotopic (exact) mass is 230 g/mol. The molecule has 1 aromatic carbocycles. The topological polar surface area (TPSA) is 29.9 Å². The fourth-order valence-electron chi connectivity index (χ4n) is 1.89. The Balaban J connectivity index is 1.80. The fraction of sp³-hybridized carbons (Fsp3) is 0.429. The smallest absolute Gasteiger partial charge is 0.122 e. The van der Waals surface area contributed by atoms with E-state index in [1.54, 1.807) is 0 Å². The molecule has 0 bridgehead atoms. The lowest BCUT2D eigenvalue weighted by molar-refractivity contribution is 0.570. The van der Waals surface area contributed by atoms with Crippen LogP contribution in [0.25, 0.3) is 0 Å². The van der Waals surface area contributed by atoms with E-state index in [1.165, 1.54) is 18.4 Å². The number of unbranched alkanes of at least 4 members (excludes halogenated alkanes) is 1. The number of imidazole rings is 1. The minimum atomic E-state index is 0.835. The van der Waals surface area contributed by atoms with Gasteiger partial charge in [0.25, 0.3) is 0 Å². The van der Waals surface area contributed by atoms with Gasteiger partial charge in [0.2, 0.25) is 0 Å². The summed E-state index contributed by atoms with van der Waals surface area (Å²) in [6.07, 6.45) is 6.38. The molecular weight excluding hydrogens is 210 g/mol. The summed E-state index contributed by atoms with van der Waals surface area (Å²) >= 11 is 0. The number of nitrogens with zero attached hydrogens (tertiary/aromatic N) is 2. The fourth-order valence-corrected chi connectivity index (χ4v) is 1.89. The Kier molecular flexibility index (Phi) is 4.45. The molecule has 2 rings (SSSR count). The molecule has 0 aliphatic rings. The molecule has 3 heteroatoms. The highest BCUT2D eigenvalue weighted by Crippen LogP contribution is 2.03. The first kappa shape index (κ1) is 12.0. The lowest BCUT2D eigenvalue weighted by atomic mass is 10.3. The van der Waals surface area contributed by atoms with Crippen molar-refractivity contribution in [2.75, 3.05) is 0 Å². The van der Waals surface area contributed by atoms with Crippen LogP contribution in [0.1, 0.15) is 31.2 Å². The van der Waals surface area contributed by atoms with Gasteiger partial charge >= 0.3 is 0 Å². The molecule has 92 valence electrons. The van der Waals surface area contributed by atoms with Gasteiger partial charge in [-0.3, -0.25) is 0 Å². The van der Waals surface area contributed by atoms with Crippen LogP contribution in [-0.4, -0.2) is 9.55 Å². The van der Waals surface area contributed by atoms with Crippen LogP contribution >= 0.6 is 0 Å². The van der Waals surface area contributed by atoms with Crippen molar-refractivity contribution in [3.05, 3.63) is 48.0 Å². The zero-order valence-corrected chi connectivity index (χ0v) is 10.4. The van der Waals surface area contributed by atoms with Gasteiger partial charge < -0.3 is 9.88 Å². The Morgan fingerprint density at radius 3 is 3.12 bits per heavy atom. The summed E-state index contributed by atoms with van der Waals surface area (Å²) < 4.78 is 2.24. The van der Waals surface area contributed by atoms with Gasteiger partial charge in [-0.05, 0) is 13.0 Å². The van der Waals surface area contributed by atoms with Gasteiger partial charge in [-0.2, -0.15) is 23.8 Å². The standard InChI is InChI=1S/C14H20N3/c1-2-3-9-17-10-8-16-14(17)12-15-11-13-6-4-5-7-13/h4-8,10,15H,2-3,9,11-12H2,1H3/q-1. The summed E-state index contributed by atoms with van der Waals surface area (Å²) in [4.78, 5) is 4.39. The maximum atomic E-state index is 4.39. The molecule has 0 unspecified atom stereocenters. The minimum Gasteiger partial charge on any atom is -0.334 e. The molecule has 1 heterocycles. The molecule has 0 saturated carbocycles. The van der Waals surface area contributed by atoms with Gasteiger partial charge in [-0.1, -0.05) is 13.3 Å². The first-order valence-electron chi connectivity index (χ1n) is 6.31. The average Bonchev–Trinajstić information content (AvgIpc) is 2.98. The lowest BCUT2D eigenvalue weighted by Gasteiger charge is -2.09. The molecule has 1 aromatic heterocycles. The normalized spacial score (nSPS) is 10.9. The van der Waals surface area contributed by atoms with E-state index in [9.17, 15) is 0 Å². The Hall–Kier alpha value is -1.48. The summed E-state index contributed by atoms with van der Waals surface area (Å²) in [6.45, 7) is 5.03. The van der Waals surface area contributed by atoms with E-state index >= 15 is 0 Å². The van der Waals surface area contributed by atoms with Crippen LogP contribution in [0.4, 0.5) is 0 Å². The first-order valence-corrected chi connectivity index (χ1v) is 6.31. The molecular formula is C14H20N3-. The Morgan fingerprint density at radius 2 is 2.35 bits per heavy atom. The molecule has 2 aromatic rings. The minimum absolute atomic E-state index is 0.835. The van der Waals surface area contributed by atoms with Crippen molar-refractivity contribution in [1.82, 2.24) is 14.9 Å². The van der Waals surface area contributed by atoms with Crippen LogP contribution in [-0.2, 0) is 19.6 Å². The lowest BCUT2D eigenvalue weighted by Crippen LogP contribution is -2.16. The Morgan fingerprint density at radius 1 is 1.41 bits per heavy atom. The molecule has 0 amide bonds. The Bertz CT molecular complexity index is 414. The number of hydrogen-bond donors (Lipinski definition) is 1. The van der Waals surface area contributed by atoms with Gasteiger partial charge in [0.05, 0.1) is 6.54 Å². The summed E-state index contributed by atoms with van der Waals surface area (Å²) in [5.74, 6) is 1.13. The average molecular weight is 230 g/mol. The number of aromatic nitrogens is 2. The van der Waals surface area contributed by atoms with E-state index < -0.39 is 0 Å². The third kappa shape index (κ3) is 3.49. The molecule has 0 aliphatic heterocycles. The van der Waals surface area contributed by atoms with Crippen LogP contribution in [0.15, 0.2) is 36.7 Å². The zero-order chi connectivity index (χ0) is 11.9. The van der Waals surface area contributed by atoms with Crippen LogP contribution in [0.5, 0.6) is 0 Å². The first-order chi connectivity index (χ1) is 8.40. The van der Waals surface area contributed by atoms with Crippen LogP contribution in [0, 0.1) is 0 Å². The van der Waals surface area contributed by atoms with Crippen molar-refractivity contribution in [3.8, 4) is 0 Å². The van der Waals surface area contributed by atoms with E-state index in [1.807, 2.05) is 6.20 Å². The molecule has 0 fully saturated rings. The third-order valence-electron chi connectivity index (χ3n) is 2.90. The molecule has 0 atom stereocenters. The van der Waals surface area contributed by atoms with Gasteiger partial charge in [0.15, 0.2) is 0 Å². The SMILES string of the molecule is CCCCn1ccnc1CNCc1cc[cH-]c1. The second-order valence-corrected chi connectivity index (χ2v) is 4.29. The van der Waals surface area contributed by atoms with E-state index in [-0.39, 0.29) is 0 Å². The predicted octanol–water partition coefficient (Wildman–Crippen LogP) is 2.69. The highest BCUT2D eigenvalue weighted by molar-refractivity contribution is 5.15. The van der Waals surface area contributed by atoms with Gasteiger partial charge in [-0.25, -0.2) is 11.1 Å². The number of rotatable bonds is 7. The van der Waals surface area contributed by atoms with Gasteiger partial charge in [0, 0.05) is 18.9 Å². The van der Waals surface area contributed by atoms with Crippen molar-refractivity contribution in [3.63, 3.8) is 0 Å². The van der Waals surface area contributed by atoms with Crippen LogP contribution in [0.3, 0.4) is 0 Å². The largest absolute Gasteiger partial charge is 0.334 e. The summed E-state index contributed by atoms with van der Waals surface area (Å²) in [6, 6.07) is 8.41. The second-order valence-electron chi connectivity index (χ2n) is 4.29. The number of hydrogen-bond acceptors (Lipinski definition) is 2. The van der Waals surface area contributed by atoms with E-state index in [2.05, 4.69) is 52.3 Å².